The first kappa shape index (κ1) is 23.1. The van der Waals surface area contributed by atoms with Crippen molar-refractivity contribution < 1.29 is 9.59 Å². The average molecular weight is 465 g/mol. The molecule has 0 saturated heterocycles. The van der Waals surface area contributed by atoms with Gasteiger partial charge in [0.25, 0.3) is 5.91 Å². The average Bonchev–Trinajstić information content (AvgIpc) is 3.26. The lowest BCUT2D eigenvalue weighted by Crippen LogP contribution is -2.18. The number of amides is 2. The van der Waals surface area contributed by atoms with Crippen LogP contribution in [0.25, 0.3) is 0 Å². The van der Waals surface area contributed by atoms with E-state index in [4.69, 9.17) is 11.6 Å². The van der Waals surface area contributed by atoms with Crippen LogP contribution in [0.3, 0.4) is 0 Å². The highest BCUT2D eigenvalue weighted by Gasteiger charge is 2.17. The van der Waals surface area contributed by atoms with Crippen molar-refractivity contribution in [3.63, 3.8) is 0 Å². The van der Waals surface area contributed by atoms with E-state index in [9.17, 15) is 9.59 Å². The molecule has 33 heavy (non-hydrogen) atoms. The largest absolute Gasteiger partial charge is 0.332 e. The molecule has 0 aliphatic heterocycles. The van der Waals surface area contributed by atoms with E-state index >= 15 is 0 Å². The number of nitrogens with one attached hydrogen (secondary N) is 2. The van der Waals surface area contributed by atoms with Crippen LogP contribution in [-0.2, 0) is 11.3 Å². The molecule has 2 amide bonds. The third kappa shape index (κ3) is 6.45. The first-order valence-corrected chi connectivity index (χ1v) is 11.8. The predicted molar refractivity (Wildman–Crippen MR) is 132 cm³/mol. The van der Waals surface area contributed by atoms with E-state index in [1.165, 1.54) is 19.3 Å². The highest BCUT2D eigenvalue weighted by atomic mass is 35.5. The Morgan fingerprint density at radius 1 is 1.06 bits per heavy atom. The minimum absolute atomic E-state index is 0.0913. The number of imidazole rings is 1. The van der Waals surface area contributed by atoms with Crippen LogP contribution >= 0.6 is 11.6 Å². The maximum atomic E-state index is 12.5. The molecule has 1 aliphatic carbocycles. The predicted octanol–water partition coefficient (Wildman–Crippen LogP) is 6.05. The SMILES string of the molecule is Cc1ccc(NC(=O)c2cn(Cc3ccc(NC(=O)CC4CCCCC4)cc3)cn2)c(Cl)c1. The highest BCUT2D eigenvalue weighted by molar-refractivity contribution is 6.34. The molecule has 3 aromatic rings. The molecule has 0 radical (unpaired) electrons. The Hall–Kier alpha value is -3.12. The smallest absolute Gasteiger partial charge is 0.275 e. The second kappa shape index (κ2) is 10.7. The fourth-order valence-electron chi connectivity index (χ4n) is 4.24. The van der Waals surface area contributed by atoms with Crippen LogP contribution in [0.1, 0.15) is 60.1 Å². The van der Waals surface area contributed by atoms with Crippen molar-refractivity contribution in [1.29, 1.82) is 0 Å². The Bertz CT molecular complexity index is 1120. The molecule has 1 aromatic heterocycles. The van der Waals surface area contributed by atoms with E-state index in [-0.39, 0.29) is 11.8 Å². The van der Waals surface area contributed by atoms with Gasteiger partial charge in [0.1, 0.15) is 5.69 Å². The van der Waals surface area contributed by atoms with Gasteiger partial charge in [0.05, 0.1) is 17.0 Å². The standard InChI is InChI=1S/C26H29ClN4O2/c1-18-7-12-23(22(27)13-18)30-26(33)24-16-31(17-28-24)15-20-8-10-21(11-9-20)29-25(32)14-19-5-3-2-4-6-19/h7-13,16-17,19H,2-6,14-15H2,1H3,(H,29,32)(H,30,33). The fourth-order valence-corrected chi connectivity index (χ4v) is 4.52. The van der Waals surface area contributed by atoms with Crippen LogP contribution < -0.4 is 10.6 Å². The van der Waals surface area contributed by atoms with E-state index in [1.54, 1.807) is 24.7 Å². The van der Waals surface area contributed by atoms with Gasteiger partial charge >= 0.3 is 0 Å². The number of rotatable bonds is 7. The summed E-state index contributed by atoms with van der Waals surface area (Å²) in [7, 11) is 0. The van der Waals surface area contributed by atoms with Crippen LogP contribution in [0, 0.1) is 12.8 Å². The molecule has 1 saturated carbocycles. The summed E-state index contributed by atoms with van der Waals surface area (Å²) in [5.41, 5.74) is 3.75. The molecule has 0 unspecified atom stereocenters. The van der Waals surface area contributed by atoms with Gasteiger partial charge in [-0.25, -0.2) is 4.98 Å². The van der Waals surface area contributed by atoms with Gasteiger partial charge in [-0.2, -0.15) is 0 Å². The topological polar surface area (TPSA) is 76.0 Å². The van der Waals surface area contributed by atoms with Gasteiger partial charge in [0.15, 0.2) is 0 Å². The molecule has 172 valence electrons. The van der Waals surface area contributed by atoms with Crippen molar-refractivity contribution in [1.82, 2.24) is 9.55 Å². The van der Waals surface area contributed by atoms with E-state index in [0.717, 1.165) is 29.7 Å². The van der Waals surface area contributed by atoms with E-state index in [1.807, 2.05) is 41.8 Å². The van der Waals surface area contributed by atoms with Crippen LogP contribution in [0.4, 0.5) is 11.4 Å². The van der Waals surface area contributed by atoms with Crippen molar-refractivity contribution in [3.05, 3.63) is 76.8 Å². The van der Waals surface area contributed by atoms with E-state index < -0.39 is 0 Å². The first-order chi connectivity index (χ1) is 16.0. The second-order valence-corrected chi connectivity index (χ2v) is 9.23. The zero-order valence-electron chi connectivity index (χ0n) is 18.8. The summed E-state index contributed by atoms with van der Waals surface area (Å²) in [5.74, 6) is 0.303. The zero-order valence-corrected chi connectivity index (χ0v) is 19.6. The lowest BCUT2D eigenvalue weighted by Gasteiger charge is -2.20. The minimum Gasteiger partial charge on any atom is -0.332 e. The molecule has 1 fully saturated rings. The van der Waals surface area contributed by atoms with Crippen LogP contribution in [-0.4, -0.2) is 21.4 Å². The van der Waals surface area contributed by atoms with Gasteiger partial charge in [-0.1, -0.05) is 49.1 Å². The number of carbonyl (C=O) groups is 2. The highest BCUT2D eigenvalue weighted by Crippen LogP contribution is 2.27. The van der Waals surface area contributed by atoms with Crippen molar-refractivity contribution in [2.45, 2.75) is 52.0 Å². The summed E-state index contributed by atoms with van der Waals surface area (Å²) < 4.78 is 1.85. The molecule has 2 N–H and O–H groups in total. The number of benzene rings is 2. The maximum Gasteiger partial charge on any atom is 0.275 e. The van der Waals surface area contributed by atoms with Crippen LogP contribution in [0.15, 0.2) is 55.0 Å². The molecule has 6 nitrogen and oxygen atoms in total. The van der Waals surface area contributed by atoms with Crippen LogP contribution in [0.5, 0.6) is 0 Å². The quantitative estimate of drug-likeness (QED) is 0.446. The number of hydrogen-bond acceptors (Lipinski definition) is 3. The number of carbonyl (C=O) groups excluding carboxylic acids is 2. The molecular weight excluding hydrogens is 436 g/mol. The Morgan fingerprint density at radius 2 is 1.82 bits per heavy atom. The molecule has 4 rings (SSSR count). The molecule has 1 aliphatic rings. The number of halogens is 1. The Morgan fingerprint density at radius 3 is 2.55 bits per heavy atom. The summed E-state index contributed by atoms with van der Waals surface area (Å²) in [5, 5.41) is 6.30. The number of nitrogens with zero attached hydrogens (tertiary/aromatic N) is 2. The summed E-state index contributed by atoms with van der Waals surface area (Å²) in [6, 6.07) is 13.3. The number of anilines is 2. The second-order valence-electron chi connectivity index (χ2n) is 8.82. The monoisotopic (exact) mass is 464 g/mol. The van der Waals surface area contributed by atoms with Crippen molar-refractivity contribution in [2.24, 2.45) is 5.92 Å². The zero-order chi connectivity index (χ0) is 23.2. The van der Waals surface area contributed by atoms with Gasteiger partial charge in [0, 0.05) is 24.8 Å². The molecule has 0 bridgehead atoms. The van der Waals surface area contributed by atoms with Gasteiger partial charge in [-0.15, -0.1) is 0 Å². The summed E-state index contributed by atoms with van der Waals surface area (Å²) in [6.07, 6.45) is 10.0. The third-order valence-electron chi connectivity index (χ3n) is 6.04. The Labute approximate surface area is 199 Å². The summed E-state index contributed by atoms with van der Waals surface area (Å²) in [4.78, 5) is 29.1. The number of aryl methyl sites for hydroxylation is 1. The van der Waals surface area contributed by atoms with E-state index in [0.29, 0.717) is 35.3 Å². The van der Waals surface area contributed by atoms with Gasteiger partial charge < -0.3 is 15.2 Å². The molecule has 0 atom stereocenters. The summed E-state index contributed by atoms with van der Waals surface area (Å²) in [6.45, 7) is 2.51. The van der Waals surface area contributed by atoms with Gasteiger partial charge in [-0.05, 0) is 61.1 Å². The number of aromatic nitrogens is 2. The van der Waals surface area contributed by atoms with E-state index in [2.05, 4.69) is 15.6 Å². The number of hydrogen-bond donors (Lipinski definition) is 2. The fraction of sp³-hybridized carbons (Fsp3) is 0.346. The lowest BCUT2D eigenvalue weighted by atomic mass is 9.87. The normalized spacial score (nSPS) is 14.1. The van der Waals surface area contributed by atoms with Gasteiger partial charge in [-0.3, -0.25) is 9.59 Å². The van der Waals surface area contributed by atoms with Crippen LogP contribution in [0.2, 0.25) is 5.02 Å². The Balaban J connectivity index is 1.30. The van der Waals surface area contributed by atoms with Crippen molar-refractivity contribution >= 4 is 34.8 Å². The molecule has 7 heteroatoms. The Kier molecular flexibility index (Phi) is 7.45. The maximum absolute atomic E-state index is 12.5. The lowest BCUT2D eigenvalue weighted by molar-refractivity contribution is -0.117. The molecule has 2 aromatic carbocycles. The third-order valence-corrected chi connectivity index (χ3v) is 6.35. The summed E-state index contributed by atoms with van der Waals surface area (Å²) >= 11 is 6.20. The van der Waals surface area contributed by atoms with Crippen molar-refractivity contribution in [2.75, 3.05) is 10.6 Å². The molecule has 1 heterocycles. The van der Waals surface area contributed by atoms with Gasteiger partial charge in [0.2, 0.25) is 5.91 Å². The van der Waals surface area contributed by atoms with Crippen molar-refractivity contribution in [3.8, 4) is 0 Å². The first-order valence-electron chi connectivity index (χ1n) is 11.4. The molecular formula is C26H29ClN4O2. The molecule has 0 spiro atoms. The minimum atomic E-state index is -0.310.